The van der Waals surface area contributed by atoms with Crippen LogP contribution < -0.4 is 4.90 Å². The molecule has 168 valence electrons. The molecule has 0 aliphatic carbocycles. The maximum Gasteiger partial charge on any atom is 0.410 e. The van der Waals surface area contributed by atoms with Crippen LogP contribution in [0.15, 0.2) is 12.4 Å². The number of anilines is 1. The van der Waals surface area contributed by atoms with Crippen molar-refractivity contribution in [3.05, 3.63) is 18.1 Å². The van der Waals surface area contributed by atoms with E-state index in [1.54, 1.807) is 22.0 Å². The summed E-state index contributed by atoms with van der Waals surface area (Å²) in [4.78, 5) is 32.2. The van der Waals surface area contributed by atoms with Crippen molar-refractivity contribution < 1.29 is 24.2 Å². The first-order valence-corrected chi connectivity index (χ1v) is 10.7. The quantitative estimate of drug-likeness (QED) is 0.790. The van der Waals surface area contributed by atoms with E-state index in [2.05, 4.69) is 15.0 Å². The van der Waals surface area contributed by atoms with Gasteiger partial charge in [0.1, 0.15) is 11.1 Å². The highest BCUT2D eigenvalue weighted by Crippen LogP contribution is 2.33. The van der Waals surface area contributed by atoms with E-state index in [-0.39, 0.29) is 18.0 Å². The second-order valence-corrected chi connectivity index (χ2v) is 8.92. The summed E-state index contributed by atoms with van der Waals surface area (Å²) in [6.07, 6.45) is 5.46. The van der Waals surface area contributed by atoms with Crippen LogP contribution in [0.3, 0.4) is 0 Å². The van der Waals surface area contributed by atoms with Gasteiger partial charge in [0.15, 0.2) is 11.9 Å². The van der Waals surface area contributed by atoms with E-state index >= 15 is 0 Å². The summed E-state index contributed by atoms with van der Waals surface area (Å²) in [6, 6.07) is 0. The average molecular weight is 431 g/mol. The minimum Gasteiger partial charge on any atom is -0.476 e. The van der Waals surface area contributed by atoms with Crippen LogP contribution in [0.5, 0.6) is 0 Å². The summed E-state index contributed by atoms with van der Waals surface area (Å²) in [6.45, 7) is 8.38. The Hall–Kier alpha value is -2.88. The van der Waals surface area contributed by atoms with Crippen LogP contribution in [0.25, 0.3) is 10.9 Å². The Morgan fingerprint density at radius 1 is 1.16 bits per heavy atom. The van der Waals surface area contributed by atoms with Crippen molar-refractivity contribution in [2.24, 2.45) is 0 Å². The van der Waals surface area contributed by atoms with Gasteiger partial charge in [0.05, 0.1) is 18.1 Å². The number of carboxylic acids is 1. The molecule has 2 aromatic rings. The second kappa shape index (κ2) is 8.33. The summed E-state index contributed by atoms with van der Waals surface area (Å²) in [5.74, 6) is -1.09. The van der Waals surface area contributed by atoms with Gasteiger partial charge in [0.25, 0.3) is 0 Å². The smallest absolute Gasteiger partial charge is 0.410 e. The van der Waals surface area contributed by atoms with E-state index in [1.165, 1.54) is 0 Å². The van der Waals surface area contributed by atoms with Crippen LogP contribution in [0.1, 0.15) is 56.8 Å². The molecule has 2 fully saturated rings. The van der Waals surface area contributed by atoms with Crippen LogP contribution >= 0.6 is 0 Å². The van der Waals surface area contributed by atoms with E-state index in [4.69, 9.17) is 9.47 Å². The number of hydrogen-bond acceptors (Lipinski definition) is 7. The number of carbonyl (C=O) groups is 2. The first kappa shape index (κ1) is 21.4. The zero-order valence-corrected chi connectivity index (χ0v) is 18.2. The largest absolute Gasteiger partial charge is 0.476 e. The van der Waals surface area contributed by atoms with Crippen molar-refractivity contribution in [2.75, 3.05) is 37.7 Å². The molecule has 1 amide bonds. The molecule has 4 heterocycles. The zero-order valence-electron chi connectivity index (χ0n) is 18.2. The number of aromatic carboxylic acids is 1. The molecule has 0 aromatic carbocycles. The van der Waals surface area contributed by atoms with Gasteiger partial charge in [-0.2, -0.15) is 5.10 Å². The number of aromatic nitrogens is 3. The normalized spacial score (nSPS) is 20.2. The monoisotopic (exact) mass is 431 g/mol. The topological polar surface area (TPSA) is 110 Å². The lowest BCUT2D eigenvalue weighted by molar-refractivity contribution is -0.0367. The number of nitrogens with zero attached hydrogens (tertiary/aromatic N) is 5. The Morgan fingerprint density at radius 2 is 1.90 bits per heavy atom. The van der Waals surface area contributed by atoms with E-state index in [1.807, 2.05) is 20.8 Å². The summed E-state index contributed by atoms with van der Waals surface area (Å²) >= 11 is 0. The van der Waals surface area contributed by atoms with Gasteiger partial charge in [0.2, 0.25) is 0 Å². The number of pyridine rings is 1. The molecular formula is C21H29N5O5. The van der Waals surface area contributed by atoms with E-state index in [0.29, 0.717) is 38.3 Å². The van der Waals surface area contributed by atoms with Crippen LogP contribution in [-0.4, -0.2) is 75.2 Å². The molecule has 1 N–H and O–H groups in total. The van der Waals surface area contributed by atoms with Gasteiger partial charge < -0.3 is 24.4 Å². The van der Waals surface area contributed by atoms with Crippen LogP contribution in [0.4, 0.5) is 10.5 Å². The third kappa shape index (κ3) is 4.43. The van der Waals surface area contributed by atoms with Crippen molar-refractivity contribution >= 4 is 28.7 Å². The molecule has 10 nitrogen and oxygen atoms in total. The Morgan fingerprint density at radius 3 is 2.52 bits per heavy atom. The van der Waals surface area contributed by atoms with Crippen molar-refractivity contribution in [1.82, 2.24) is 19.7 Å². The van der Waals surface area contributed by atoms with Gasteiger partial charge in [-0.25, -0.2) is 19.3 Å². The van der Waals surface area contributed by atoms with Crippen molar-refractivity contribution in [3.8, 4) is 0 Å². The Kier molecular flexibility index (Phi) is 5.74. The number of carboxylic acid groups (broad SMARTS) is 1. The van der Waals surface area contributed by atoms with Crippen LogP contribution in [0, 0.1) is 0 Å². The molecule has 0 saturated carbocycles. The minimum atomic E-state index is -1.09. The Balaban J connectivity index is 1.59. The fourth-order valence-corrected chi connectivity index (χ4v) is 4.04. The number of amides is 1. The third-order valence-corrected chi connectivity index (χ3v) is 5.51. The van der Waals surface area contributed by atoms with Crippen molar-refractivity contribution in [1.29, 1.82) is 0 Å². The van der Waals surface area contributed by atoms with E-state index < -0.39 is 11.6 Å². The molecule has 4 rings (SSSR count). The number of carbonyl (C=O) groups excluding carboxylic acids is 1. The highest BCUT2D eigenvalue weighted by molar-refractivity contribution is 6.04. The SMILES string of the molecule is CC(C)(C)OC(=O)N1CCN(c2cnc(C(=O)O)c3c2cnn3C2CCCCO2)CC1. The summed E-state index contributed by atoms with van der Waals surface area (Å²) in [7, 11) is 0. The van der Waals surface area contributed by atoms with Crippen LogP contribution in [0.2, 0.25) is 0 Å². The standard InChI is InChI=1S/C21H29N5O5/c1-21(2,3)31-20(29)25-9-7-24(8-10-25)15-13-22-17(19(27)28)18-14(15)12-23-26(18)16-6-4-5-11-30-16/h12-13,16H,4-11H2,1-3H3,(H,27,28). The first-order valence-electron chi connectivity index (χ1n) is 10.7. The maximum absolute atomic E-state index is 12.3. The van der Waals surface area contributed by atoms with Gasteiger partial charge in [0, 0.05) is 38.2 Å². The lowest BCUT2D eigenvalue weighted by Crippen LogP contribution is -2.50. The fraction of sp³-hybridized carbons (Fsp3) is 0.619. The molecule has 10 heteroatoms. The lowest BCUT2D eigenvalue weighted by atomic mass is 10.1. The predicted molar refractivity (Wildman–Crippen MR) is 113 cm³/mol. The predicted octanol–water partition coefficient (Wildman–Crippen LogP) is 2.89. The molecule has 2 aromatic heterocycles. The highest BCUT2D eigenvalue weighted by atomic mass is 16.6. The van der Waals surface area contributed by atoms with Gasteiger partial charge in [-0.05, 0) is 40.0 Å². The van der Waals surface area contributed by atoms with E-state index in [0.717, 1.165) is 30.3 Å². The number of ether oxygens (including phenoxy) is 2. The van der Waals surface area contributed by atoms with Gasteiger partial charge in [-0.3, -0.25) is 0 Å². The van der Waals surface area contributed by atoms with Gasteiger partial charge in [-0.1, -0.05) is 0 Å². The molecule has 2 saturated heterocycles. The van der Waals surface area contributed by atoms with E-state index in [9.17, 15) is 14.7 Å². The highest BCUT2D eigenvalue weighted by Gasteiger charge is 2.29. The molecule has 1 unspecified atom stereocenters. The Labute approximate surface area is 180 Å². The molecule has 0 spiro atoms. The summed E-state index contributed by atoms with van der Waals surface area (Å²) in [5.41, 5.74) is 0.724. The Bertz CT molecular complexity index is 968. The molecule has 0 radical (unpaired) electrons. The van der Waals surface area contributed by atoms with Gasteiger partial charge >= 0.3 is 12.1 Å². The second-order valence-electron chi connectivity index (χ2n) is 8.92. The summed E-state index contributed by atoms with van der Waals surface area (Å²) < 4.78 is 13.0. The molecule has 0 bridgehead atoms. The average Bonchev–Trinajstić information content (AvgIpc) is 3.17. The van der Waals surface area contributed by atoms with Crippen molar-refractivity contribution in [2.45, 2.75) is 51.9 Å². The number of fused-ring (bicyclic) bond motifs is 1. The lowest BCUT2D eigenvalue weighted by Gasteiger charge is -2.36. The third-order valence-electron chi connectivity index (χ3n) is 5.51. The minimum absolute atomic E-state index is 0.0298. The van der Waals surface area contributed by atoms with Gasteiger partial charge in [-0.15, -0.1) is 0 Å². The molecular weight excluding hydrogens is 402 g/mol. The molecule has 2 aliphatic rings. The first-order chi connectivity index (χ1) is 14.7. The van der Waals surface area contributed by atoms with Crippen molar-refractivity contribution in [3.63, 3.8) is 0 Å². The summed E-state index contributed by atoms with van der Waals surface area (Å²) in [5, 5.41) is 14.9. The molecule has 1 atom stereocenters. The number of piperazine rings is 1. The van der Waals surface area contributed by atoms with Crippen LogP contribution in [-0.2, 0) is 9.47 Å². The number of hydrogen-bond donors (Lipinski definition) is 1. The fourth-order valence-electron chi connectivity index (χ4n) is 4.04. The molecule has 31 heavy (non-hydrogen) atoms. The molecule has 2 aliphatic heterocycles. The maximum atomic E-state index is 12.3. The zero-order chi connectivity index (χ0) is 22.2. The number of rotatable bonds is 3.